The van der Waals surface area contributed by atoms with Gasteiger partial charge in [-0.3, -0.25) is 0 Å². The maximum atomic E-state index is 12.2. The largest absolute Gasteiger partial charge is 0.399 e. The molecule has 0 saturated heterocycles. The van der Waals surface area contributed by atoms with Crippen LogP contribution in [0.15, 0.2) is 23.1 Å². The summed E-state index contributed by atoms with van der Waals surface area (Å²) in [6.45, 7) is 2.26. The molecule has 0 aliphatic rings. The molecule has 17 heavy (non-hydrogen) atoms. The Hall–Kier alpha value is -0.720. The first-order valence-corrected chi connectivity index (χ1v) is 8.04. The van der Waals surface area contributed by atoms with Gasteiger partial charge in [-0.25, -0.2) is 12.7 Å². The lowest BCUT2D eigenvalue weighted by Crippen LogP contribution is -2.29. The molecule has 6 heteroatoms. The van der Waals surface area contributed by atoms with Crippen molar-refractivity contribution in [1.82, 2.24) is 4.31 Å². The molecule has 0 unspecified atom stereocenters. The van der Waals surface area contributed by atoms with Crippen LogP contribution < -0.4 is 5.73 Å². The number of anilines is 1. The maximum absolute atomic E-state index is 12.2. The Labute approximate surface area is 107 Å². The van der Waals surface area contributed by atoms with Crippen molar-refractivity contribution in [2.75, 3.05) is 31.3 Å². The third-order valence-corrected chi connectivity index (χ3v) is 5.11. The van der Waals surface area contributed by atoms with E-state index in [4.69, 9.17) is 5.73 Å². The van der Waals surface area contributed by atoms with Gasteiger partial charge in [0.2, 0.25) is 10.0 Å². The smallest absolute Gasteiger partial charge is 0.243 e. The van der Waals surface area contributed by atoms with E-state index in [9.17, 15) is 8.42 Å². The average Bonchev–Trinajstić information content (AvgIpc) is 2.25. The zero-order valence-electron chi connectivity index (χ0n) is 10.3. The maximum Gasteiger partial charge on any atom is 0.243 e. The summed E-state index contributed by atoms with van der Waals surface area (Å²) in [6, 6.07) is 4.85. The van der Waals surface area contributed by atoms with Crippen LogP contribution >= 0.6 is 11.8 Å². The fourth-order valence-electron chi connectivity index (χ4n) is 1.47. The second-order valence-corrected chi connectivity index (χ2v) is 6.84. The van der Waals surface area contributed by atoms with Gasteiger partial charge in [0.15, 0.2) is 0 Å². The highest BCUT2D eigenvalue weighted by Crippen LogP contribution is 2.21. The minimum atomic E-state index is -3.39. The Morgan fingerprint density at radius 2 is 2.06 bits per heavy atom. The lowest BCUT2D eigenvalue weighted by molar-refractivity contribution is 0.488. The molecule has 0 bridgehead atoms. The standard InChI is InChI=1S/C11H18N2O2S2/c1-9-8-10(12)4-5-11(9)17(14,15)13(2)6-7-16-3/h4-5,8H,6-7,12H2,1-3H3. The monoisotopic (exact) mass is 274 g/mol. The average molecular weight is 274 g/mol. The van der Waals surface area contributed by atoms with Crippen molar-refractivity contribution in [3.05, 3.63) is 23.8 Å². The summed E-state index contributed by atoms with van der Waals surface area (Å²) in [6.07, 6.45) is 1.95. The molecule has 0 atom stereocenters. The van der Waals surface area contributed by atoms with Crippen LogP contribution in [0, 0.1) is 6.92 Å². The minimum absolute atomic E-state index is 0.329. The zero-order valence-corrected chi connectivity index (χ0v) is 11.9. The summed E-state index contributed by atoms with van der Waals surface area (Å²) in [5, 5.41) is 0. The summed E-state index contributed by atoms with van der Waals surface area (Å²) in [7, 11) is -1.80. The van der Waals surface area contributed by atoms with Crippen molar-refractivity contribution in [3.63, 3.8) is 0 Å². The normalized spacial score (nSPS) is 12.0. The number of nitrogens with zero attached hydrogens (tertiary/aromatic N) is 1. The Morgan fingerprint density at radius 1 is 1.41 bits per heavy atom. The number of rotatable bonds is 5. The quantitative estimate of drug-likeness (QED) is 0.828. The van der Waals surface area contributed by atoms with E-state index in [-0.39, 0.29) is 0 Å². The van der Waals surface area contributed by atoms with E-state index >= 15 is 0 Å². The second kappa shape index (κ2) is 5.75. The number of sulfonamides is 1. The molecule has 0 amide bonds. The van der Waals surface area contributed by atoms with Gasteiger partial charge in [-0.2, -0.15) is 11.8 Å². The molecule has 0 heterocycles. The summed E-state index contributed by atoms with van der Waals surface area (Å²) in [5.41, 5.74) is 6.87. The molecule has 0 radical (unpaired) electrons. The molecule has 0 spiro atoms. The molecule has 0 aliphatic heterocycles. The molecule has 4 nitrogen and oxygen atoms in total. The van der Waals surface area contributed by atoms with Crippen molar-refractivity contribution in [2.24, 2.45) is 0 Å². The topological polar surface area (TPSA) is 63.4 Å². The minimum Gasteiger partial charge on any atom is -0.399 e. The number of hydrogen-bond donors (Lipinski definition) is 1. The van der Waals surface area contributed by atoms with Gasteiger partial charge in [0.25, 0.3) is 0 Å². The highest BCUT2D eigenvalue weighted by Gasteiger charge is 2.22. The number of thioether (sulfide) groups is 1. The van der Waals surface area contributed by atoms with Gasteiger partial charge in [0.1, 0.15) is 0 Å². The van der Waals surface area contributed by atoms with E-state index in [2.05, 4.69) is 0 Å². The number of aryl methyl sites for hydroxylation is 1. The lowest BCUT2D eigenvalue weighted by Gasteiger charge is -2.18. The summed E-state index contributed by atoms with van der Waals surface area (Å²) < 4.78 is 25.9. The third-order valence-electron chi connectivity index (χ3n) is 2.50. The summed E-state index contributed by atoms with van der Waals surface area (Å²) >= 11 is 1.62. The van der Waals surface area contributed by atoms with Crippen LogP contribution in [0.3, 0.4) is 0 Å². The van der Waals surface area contributed by atoms with E-state index in [1.165, 1.54) is 4.31 Å². The highest BCUT2D eigenvalue weighted by molar-refractivity contribution is 7.98. The number of benzene rings is 1. The van der Waals surface area contributed by atoms with Crippen molar-refractivity contribution in [2.45, 2.75) is 11.8 Å². The molecule has 1 aromatic carbocycles. The van der Waals surface area contributed by atoms with E-state index in [1.54, 1.807) is 43.9 Å². The van der Waals surface area contributed by atoms with Gasteiger partial charge < -0.3 is 5.73 Å². The molecular formula is C11H18N2O2S2. The lowest BCUT2D eigenvalue weighted by atomic mass is 10.2. The Morgan fingerprint density at radius 3 is 2.59 bits per heavy atom. The van der Waals surface area contributed by atoms with Crippen molar-refractivity contribution in [3.8, 4) is 0 Å². The fraction of sp³-hybridized carbons (Fsp3) is 0.455. The molecular weight excluding hydrogens is 256 g/mol. The first kappa shape index (κ1) is 14.3. The molecule has 0 aliphatic carbocycles. The summed E-state index contributed by atoms with van der Waals surface area (Å²) in [4.78, 5) is 0.329. The van der Waals surface area contributed by atoms with E-state index in [0.717, 1.165) is 5.75 Å². The Bertz CT molecular complexity index is 486. The van der Waals surface area contributed by atoms with E-state index < -0.39 is 10.0 Å². The molecule has 0 saturated carbocycles. The van der Waals surface area contributed by atoms with Gasteiger partial charge in [0, 0.05) is 25.0 Å². The van der Waals surface area contributed by atoms with Crippen LogP contribution in [0.4, 0.5) is 5.69 Å². The first-order valence-electron chi connectivity index (χ1n) is 5.21. The van der Waals surface area contributed by atoms with Crippen molar-refractivity contribution in [1.29, 1.82) is 0 Å². The predicted molar refractivity (Wildman–Crippen MR) is 73.8 cm³/mol. The van der Waals surface area contributed by atoms with Crippen LogP contribution in [-0.2, 0) is 10.0 Å². The number of nitrogens with two attached hydrogens (primary N) is 1. The highest BCUT2D eigenvalue weighted by atomic mass is 32.2. The Balaban J connectivity index is 3.04. The van der Waals surface area contributed by atoms with Gasteiger partial charge in [-0.1, -0.05) is 0 Å². The van der Waals surface area contributed by atoms with Crippen LogP contribution in [0.2, 0.25) is 0 Å². The zero-order chi connectivity index (χ0) is 13.1. The molecule has 1 aromatic rings. The van der Waals surface area contributed by atoms with Crippen molar-refractivity contribution < 1.29 is 8.42 Å². The van der Waals surface area contributed by atoms with Gasteiger partial charge in [-0.15, -0.1) is 0 Å². The van der Waals surface area contributed by atoms with Crippen LogP contribution in [-0.4, -0.2) is 38.3 Å². The van der Waals surface area contributed by atoms with Crippen LogP contribution in [0.25, 0.3) is 0 Å². The number of hydrogen-bond acceptors (Lipinski definition) is 4. The Kier molecular flexibility index (Phi) is 4.85. The first-order chi connectivity index (χ1) is 7.89. The second-order valence-electron chi connectivity index (χ2n) is 3.84. The van der Waals surface area contributed by atoms with E-state index in [0.29, 0.717) is 22.7 Å². The molecule has 1 rings (SSSR count). The molecule has 0 fully saturated rings. The predicted octanol–water partition coefficient (Wildman–Crippen LogP) is 1.56. The third kappa shape index (κ3) is 3.37. The summed E-state index contributed by atoms with van der Waals surface area (Å²) in [5.74, 6) is 0.781. The SMILES string of the molecule is CSCCN(C)S(=O)(=O)c1ccc(N)cc1C. The molecule has 2 N–H and O–H groups in total. The molecule has 96 valence electrons. The van der Waals surface area contributed by atoms with Gasteiger partial charge >= 0.3 is 0 Å². The fourth-order valence-corrected chi connectivity index (χ4v) is 3.42. The van der Waals surface area contributed by atoms with Gasteiger partial charge in [0.05, 0.1) is 4.90 Å². The van der Waals surface area contributed by atoms with Crippen LogP contribution in [0.5, 0.6) is 0 Å². The molecule has 0 aromatic heterocycles. The number of nitrogen functional groups attached to an aromatic ring is 1. The van der Waals surface area contributed by atoms with Crippen LogP contribution in [0.1, 0.15) is 5.56 Å². The van der Waals surface area contributed by atoms with E-state index in [1.807, 2.05) is 6.26 Å². The van der Waals surface area contributed by atoms with Crippen molar-refractivity contribution >= 4 is 27.5 Å². The van der Waals surface area contributed by atoms with Gasteiger partial charge in [-0.05, 0) is 36.9 Å².